The molecular weight excluding hydrogens is 249 g/mol. The molecule has 1 saturated heterocycles. The summed E-state index contributed by atoms with van der Waals surface area (Å²) in [6, 6.07) is 6.21. The molecule has 0 amide bonds. The van der Waals surface area contributed by atoms with Crippen LogP contribution in [-0.2, 0) is 0 Å². The number of anilines is 1. The molecule has 1 heterocycles. The Hall–Kier alpha value is -0.0500. The third-order valence-corrected chi connectivity index (χ3v) is 4.81. The molecule has 0 aliphatic carbocycles. The highest BCUT2D eigenvalue weighted by atomic mass is 35.5. The Balaban J connectivity index is 2.13. The normalized spacial score (nSPS) is 25.5. The van der Waals surface area contributed by atoms with E-state index in [0.717, 1.165) is 5.69 Å². The van der Waals surface area contributed by atoms with Gasteiger partial charge in [0, 0.05) is 11.3 Å². The Morgan fingerprint density at radius 2 is 2.20 bits per heavy atom. The molecule has 0 radical (unpaired) electrons. The fraction of sp³-hybridized carbons (Fsp3) is 0.455. The minimum Gasteiger partial charge on any atom is -0.380 e. The van der Waals surface area contributed by atoms with E-state index in [9.17, 15) is 0 Å². The monoisotopic (exact) mass is 261 g/mol. The molecule has 2 unspecified atom stereocenters. The van der Waals surface area contributed by atoms with Gasteiger partial charge < -0.3 is 5.32 Å². The van der Waals surface area contributed by atoms with Crippen molar-refractivity contribution >= 4 is 40.7 Å². The first-order valence-electron chi connectivity index (χ1n) is 5.00. The van der Waals surface area contributed by atoms with Gasteiger partial charge in [-0.1, -0.05) is 36.2 Å². The van der Waals surface area contributed by atoms with Gasteiger partial charge in [0.15, 0.2) is 0 Å². The van der Waals surface area contributed by atoms with Gasteiger partial charge in [-0.25, -0.2) is 0 Å². The summed E-state index contributed by atoms with van der Waals surface area (Å²) in [5, 5.41) is 5.34. The third-order valence-electron chi connectivity index (χ3n) is 2.67. The van der Waals surface area contributed by atoms with E-state index in [1.165, 1.54) is 12.2 Å². The van der Waals surface area contributed by atoms with Gasteiger partial charge in [-0.3, -0.25) is 0 Å². The van der Waals surface area contributed by atoms with Gasteiger partial charge in [-0.2, -0.15) is 11.8 Å². The number of hydrogen-bond acceptors (Lipinski definition) is 2. The molecule has 1 aromatic carbocycles. The van der Waals surface area contributed by atoms with E-state index in [1.54, 1.807) is 0 Å². The number of rotatable bonds is 2. The smallest absolute Gasteiger partial charge is 0.0823 e. The van der Waals surface area contributed by atoms with Crippen molar-refractivity contribution in [1.82, 2.24) is 0 Å². The van der Waals surface area contributed by atoms with E-state index in [4.69, 9.17) is 23.2 Å². The zero-order valence-electron chi connectivity index (χ0n) is 8.47. The highest BCUT2D eigenvalue weighted by Crippen LogP contribution is 2.34. The second-order valence-corrected chi connectivity index (χ2v) is 5.99. The fourth-order valence-corrected chi connectivity index (χ4v) is 3.29. The Morgan fingerprint density at radius 3 is 2.87 bits per heavy atom. The van der Waals surface area contributed by atoms with E-state index in [-0.39, 0.29) is 0 Å². The van der Waals surface area contributed by atoms with Gasteiger partial charge in [-0.05, 0) is 24.3 Å². The van der Waals surface area contributed by atoms with Crippen LogP contribution in [0.4, 0.5) is 5.69 Å². The van der Waals surface area contributed by atoms with Crippen molar-refractivity contribution in [2.45, 2.75) is 24.6 Å². The van der Waals surface area contributed by atoms with Crippen molar-refractivity contribution in [3.63, 3.8) is 0 Å². The van der Waals surface area contributed by atoms with Crippen LogP contribution in [0.3, 0.4) is 0 Å². The molecule has 0 bridgehead atoms. The zero-order chi connectivity index (χ0) is 10.8. The molecule has 2 atom stereocenters. The largest absolute Gasteiger partial charge is 0.380 e. The Bertz CT molecular complexity index is 356. The molecule has 0 saturated carbocycles. The van der Waals surface area contributed by atoms with E-state index >= 15 is 0 Å². The second kappa shape index (κ2) is 4.86. The van der Waals surface area contributed by atoms with Crippen LogP contribution in [0.1, 0.15) is 13.3 Å². The molecule has 1 aliphatic heterocycles. The number of hydrogen-bond donors (Lipinski definition) is 1. The predicted octanol–water partition coefficient (Wildman–Crippen LogP) is 4.30. The van der Waals surface area contributed by atoms with Crippen LogP contribution in [0.5, 0.6) is 0 Å². The lowest BCUT2D eigenvalue weighted by Gasteiger charge is -2.19. The van der Waals surface area contributed by atoms with Crippen LogP contribution in [0.15, 0.2) is 18.2 Å². The second-order valence-electron chi connectivity index (χ2n) is 3.72. The maximum atomic E-state index is 6.12. The van der Waals surface area contributed by atoms with Crippen LogP contribution in [0, 0.1) is 0 Å². The van der Waals surface area contributed by atoms with Gasteiger partial charge in [-0.15, -0.1) is 0 Å². The van der Waals surface area contributed by atoms with Crippen molar-refractivity contribution in [2.24, 2.45) is 0 Å². The van der Waals surface area contributed by atoms with Crippen molar-refractivity contribution in [2.75, 3.05) is 11.1 Å². The topological polar surface area (TPSA) is 12.0 Å². The lowest BCUT2D eigenvalue weighted by molar-refractivity contribution is 0.724. The molecule has 4 heteroatoms. The average Bonchev–Trinajstić information content (AvgIpc) is 2.60. The average molecular weight is 262 g/mol. The van der Waals surface area contributed by atoms with Crippen LogP contribution < -0.4 is 5.32 Å². The van der Waals surface area contributed by atoms with Gasteiger partial charge in [0.25, 0.3) is 0 Å². The van der Waals surface area contributed by atoms with E-state index in [0.29, 0.717) is 21.3 Å². The molecule has 15 heavy (non-hydrogen) atoms. The van der Waals surface area contributed by atoms with Crippen LogP contribution >= 0.6 is 35.0 Å². The van der Waals surface area contributed by atoms with Gasteiger partial charge in [0.2, 0.25) is 0 Å². The maximum Gasteiger partial charge on any atom is 0.0823 e. The Labute approximate surface area is 105 Å². The minimum atomic E-state index is 0.506. The summed E-state index contributed by atoms with van der Waals surface area (Å²) >= 11 is 14.1. The summed E-state index contributed by atoms with van der Waals surface area (Å²) in [6.07, 6.45) is 1.19. The van der Waals surface area contributed by atoms with E-state index in [2.05, 4.69) is 12.2 Å². The van der Waals surface area contributed by atoms with Crippen LogP contribution in [0.2, 0.25) is 10.0 Å². The maximum absolute atomic E-state index is 6.12. The summed E-state index contributed by atoms with van der Waals surface area (Å²) in [6.45, 7) is 2.24. The SMILES string of the molecule is CC1SCCC1Nc1cccc(Cl)c1Cl. The molecule has 82 valence electrons. The predicted molar refractivity (Wildman–Crippen MR) is 70.4 cm³/mol. The van der Waals surface area contributed by atoms with Gasteiger partial charge >= 0.3 is 0 Å². The van der Waals surface area contributed by atoms with Crippen molar-refractivity contribution < 1.29 is 0 Å². The Kier molecular flexibility index (Phi) is 3.70. The summed E-state index contributed by atoms with van der Waals surface area (Å²) in [4.78, 5) is 0. The van der Waals surface area contributed by atoms with Crippen molar-refractivity contribution in [1.29, 1.82) is 0 Å². The molecule has 0 spiro atoms. The summed E-state index contributed by atoms with van der Waals surface area (Å²) in [5.41, 5.74) is 0.948. The first kappa shape index (κ1) is 11.4. The first-order valence-corrected chi connectivity index (χ1v) is 6.81. The third kappa shape index (κ3) is 2.55. The standard InChI is InChI=1S/C11H13Cl2NS/c1-7-9(5-6-15-7)14-10-4-2-3-8(12)11(10)13/h2-4,7,9,14H,5-6H2,1H3. The van der Waals surface area contributed by atoms with Gasteiger partial charge in [0.05, 0.1) is 15.7 Å². The molecule has 1 fully saturated rings. The van der Waals surface area contributed by atoms with E-state index < -0.39 is 0 Å². The minimum absolute atomic E-state index is 0.506. The molecule has 1 aromatic rings. The first-order chi connectivity index (χ1) is 7.18. The highest BCUT2D eigenvalue weighted by molar-refractivity contribution is 8.00. The quantitative estimate of drug-likeness (QED) is 0.852. The summed E-state index contributed by atoms with van der Waals surface area (Å²) in [5.74, 6) is 1.22. The molecule has 2 rings (SSSR count). The van der Waals surface area contributed by atoms with E-state index in [1.807, 2.05) is 30.0 Å². The van der Waals surface area contributed by atoms with Crippen LogP contribution in [-0.4, -0.2) is 17.0 Å². The lowest BCUT2D eigenvalue weighted by Crippen LogP contribution is -2.24. The van der Waals surface area contributed by atoms with Crippen molar-refractivity contribution in [3.05, 3.63) is 28.2 Å². The molecule has 1 N–H and O–H groups in total. The zero-order valence-corrected chi connectivity index (χ0v) is 10.8. The molecule has 0 aromatic heterocycles. The lowest BCUT2D eigenvalue weighted by atomic mass is 10.1. The molecule has 1 nitrogen and oxygen atoms in total. The molecular formula is C11H13Cl2NS. The summed E-state index contributed by atoms with van der Waals surface area (Å²) in [7, 11) is 0. The Morgan fingerprint density at radius 1 is 1.40 bits per heavy atom. The molecule has 1 aliphatic rings. The number of halogens is 2. The number of thioether (sulfide) groups is 1. The fourth-order valence-electron chi connectivity index (χ4n) is 1.74. The van der Waals surface area contributed by atoms with Gasteiger partial charge in [0.1, 0.15) is 0 Å². The highest BCUT2D eigenvalue weighted by Gasteiger charge is 2.24. The number of nitrogens with one attached hydrogen (secondary N) is 1. The number of benzene rings is 1. The van der Waals surface area contributed by atoms with Crippen LogP contribution in [0.25, 0.3) is 0 Å². The summed E-state index contributed by atoms with van der Waals surface area (Å²) < 4.78 is 0. The van der Waals surface area contributed by atoms with Crippen molar-refractivity contribution in [3.8, 4) is 0 Å².